The second kappa shape index (κ2) is 12.1. The van der Waals surface area contributed by atoms with Crippen LogP contribution in [0.3, 0.4) is 0 Å². The van der Waals surface area contributed by atoms with Gasteiger partial charge in [-0.15, -0.1) is 0 Å². The fourth-order valence-electron chi connectivity index (χ4n) is 3.50. The van der Waals surface area contributed by atoms with E-state index < -0.39 is 69.5 Å². The Kier molecular flexibility index (Phi) is 9.39. The second-order valence-electron chi connectivity index (χ2n) is 8.00. The number of hydrogen-bond acceptors (Lipinski definition) is 12. The largest absolute Gasteiger partial charge is 0.452 e. The molecule has 0 aliphatic carbocycles. The van der Waals surface area contributed by atoms with Gasteiger partial charge in [-0.1, -0.05) is 36.4 Å². The zero-order chi connectivity index (χ0) is 27.2. The van der Waals surface area contributed by atoms with E-state index in [4.69, 9.17) is 27.3 Å². The molecule has 1 heterocycles. The topological polar surface area (TPSA) is 158 Å². The molecule has 37 heavy (non-hydrogen) atoms. The van der Waals surface area contributed by atoms with E-state index in [9.17, 15) is 26.4 Å². The van der Waals surface area contributed by atoms with Gasteiger partial charge in [0.1, 0.15) is 12.2 Å². The maximum absolute atomic E-state index is 13.0. The van der Waals surface area contributed by atoms with Crippen molar-refractivity contribution in [2.75, 3.05) is 26.2 Å². The third-order valence-electron chi connectivity index (χ3n) is 5.06. The Morgan fingerprint density at radius 2 is 1.24 bits per heavy atom. The lowest BCUT2D eigenvalue weighted by molar-refractivity contribution is -0.286. The highest BCUT2D eigenvalue weighted by Gasteiger charge is 2.53. The SMILES string of the molecule is COC1OC(COS(C)(=O)=O)C(OS(C)(=O)=O)C(OC(=O)c2ccccc2)C1OC(=O)c1ccccc1. The van der Waals surface area contributed by atoms with Gasteiger partial charge in [0.05, 0.1) is 30.2 Å². The van der Waals surface area contributed by atoms with Crippen LogP contribution in [0.15, 0.2) is 60.7 Å². The molecule has 5 atom stereocenters. The Balaban J connectivity index is 2.03. The van der Waals surface area contributed by atoms with E-state index >= 15 is 0 Å². The van der Waals surface area contributed by atoms with Crippen LogP contribution in [0.4, 0.5) is 0 Å². The number of rotatable bonds is 10. The van der Waals surface area contributed by atoms with E-state index in [2.05, 4.69) is 0 Å². The van der Waals surface area contributed by atoms with E-state index in [1.165, 1.54) is 31.4 Å². The average molecular weight is 559 g/mol. The van der Waals surface area contributed by atoms with Crippen molar-refractivity contribution in [2.24, 2.45) is 0 Å². The Bertz CT molecular complexity index is 1280. The van der Waals surface area contributed by atoms with Crippen LogP contribution in [0.1, 0.15) is 20.7 Å². The van der Waals surface area contributed by atoms with Crippen molar-refractivity contribution in [2.45, 2.75) is 30.7 Å². The predicted octanol–water partition coefficient (Wildman–Crippen LogP) is 1.13. The van der Waals surface area contributed by atoms with Crippen molar-refractivity contribution in [1.82, 2.24) is 0 Å². The molecule has 0 bridgehead atoms. The lowest BCUT2D eigenvalue weighted by Crippen LogP contribution is -2.62. The summed E-state index contributed by atoms with van der Waals surface area (Å²) in [5, 5.41) is 0. The summed E-state index contributed by atoms with van der Waals surface area (Å²) >= 11 is 0. The Hall–Kier alpha value is -2.88. The summed E-state index contributed by atoms with van der Waals surface area (Å²) in [6, 6.07) is 15.6. The molecule has 0 spiro atoms. The number of carbonyl (C=O) groups is 2. The molecular weight excluding hydrogens is 532 g/mol. The van der Waals surface area contributed by atoms with Crippen LogP contribution in [0.5, 0.6) is 0 Å². The summed E-state index contributed by atoms with van der Waals surface area (Å²) < 4.78 is 79.6. The summed E-state index contributed by atoms with van der Waals surface area (Å²) in [5.74, 6) is -1.74. The van der Waals surface area contributed by atoms with Crippen LogP contribution in [-0.2, 0) is 47.5 Å². The number of ether oxygens (including phenoxy) is 4. The molecule has 202 valence electrons. The summed E-state index contributed by atoms with van der Waals surface area (Å²) in [7, 11) is -7.01. The smallest absolute Gasteiger partial charge is 0.338 e. The molecular formula is C23H26O12S2. The molecule has 0 saturated carbocycles. The van der Waals surface area contributed by atoms with Gasteiger partial charge in [-0.25, -0.2) is 9.59 Å². The van der Waals surface area contributed by atoms with Gasteiger partial charge in [0.25, 0.3) is 20.2 Å². The van der Waals surface area contributed by atoms with Crippen LogP contribution >= 0.6 is 0 Å². The molecule has 2 aromatic rings. The van der Waals surface area contributed by atoms with Gasteiger partial charge in [0.2, 0.25) is 0 Å². The van der Waals surface area contributed by atoms with Gasteiger partial charge in [0.15, 0.2) is 18.5 Å². The van der Waals surface area contributed by atoms with Gasteiger partial charge < -0.3 is 18.9 Å². The van der Waals surface area contributed by atoms with Crippen LogP contribution in [0.25, 0.3) is 0 Å². The first-order valence-corrected chi connectivity index (χ1v) is 14.4. The Morgan fingerprint density at radius 1 is 0.757 bits per heavy atom. The molecule has 3 rings (SSSR count). The summed E-state index contributed by atoms with van der Waals surface area (Å²) in [6.45, 7) is -0.711. The van der Waals surface area contributed by atoms with Gasteiger partial charge in [0, 0.05) is 7.11 Å². The first kappa shape index (κ1) is 28.7. The molecule has 5 unspecified atom stereocenters. The molecule has 1 aliphatic heterocycles. The number of methoxy groups -OCH3 is 1. The molecule has 0 aromatic heterocycles. The second-order valence-corrected chi connectivity index (χ2v) is 11.2. The first-order valence-electron chi connectivity index (χ1n) is 10.8. The maximum atomic E-state index is 13.0. The molecule has 1 saturated heterocycles. The number of hydrogen-bond donors (Lipinski definition) is 0. The average Bonchev–Trinajstić information content (AvgIpc) is 2.84. The third kappa shape index (κ3) is 8.31. The molecule has 1 aliphatic rings. The van der Waals surface area contributed by atoms with E-state index in [-0.39, 0.29) is 11.1 Å². The number of carbonyl (C=O) groups excluding carboxylic acids is 2. The molecule has 0 N–H and O–H groups in total. The molecule has 1 fully saturated rings. The van der Waals surface area contributed by atoms with Crippen molar-refractivity contribution >= 4 is 32.2 Å². The normalized spacial score (nSPS) is 24.2. The predicted molar refractivity (Wildman–Crippen MR) is 127 cm³/mol. The fraction of sp³-hybridized carbons (Fsp3) is 0.391. The van der Waals surface area contributed by atoms with Crippen LogP contribution in [0.2, 0.25) is 0 Å². The van der Waals surface area contributed by atoms with Crippen molar-refractivity contribution < 1.29 is 53.7 Å². The molecule has 14 heteroatoms. The van der Waals surface area contributed by atoms with Crippen molar-refractivity contribution in [1.29, 1.82) is 0 Å². The minimum absolute atomic E-state index is 0.109. The summed E-state index contributed by atoms with van der Waals surface area (Å²) in [6.07, 6.45) is -6.15. The summed E-state index contributed by atoms with van der Waals surface area (Å²) in [5.41, 5.74) is 0.256. The maximum Gasteiger partial charge on any atom is 0.338 e. The zero-order valence-electron chi connectivity index (χ0n) is 20.1. The molecule has 12 nitrogen and oxygen atoms in total. The minimum atomic E-state index is -4.23. The minimum Gasteiger partial charge on any atom is -0.452 e. The third-order valence-corrected chi connectivity index (χ3v) is 6.20. The lowest BCUT2D eigenvalue weighted by Gasteiger charge is -2.43. The van der Waals surface area contributed by atoms with Crippen LogP contribution in [-0.4, -0.2) is 85.7 Å². The van der Waals surface area contributed by atoms with E-state index in [0.29, 0.717) is 0 Å². The standard InChI is InChI=1S/C23H26O12S2/c1-30-23-20(34-22(25)16-12-8-5-9-13-16)19(33-21(24)15-10-6-4-7-11-15)18(35-37(3,28)29)17(32-23)14-31-36(2,26)27/h4-13,17-20,23H,14H2,1-3H3. The first-order chi connectivity index (χ1) is 17.4. The highest BCUT2D eigenvalue weighted by Crippen LogP contribution is 2.31. The zero-order valence-corrected chi connectivity index (χ0v) is 21.7. The quantitative estimate of drug-likeness (QED) is 0.303. The van der Waals surface area contributed by atoms with Crippen molar-refractivity contribution in [3.8, 4) is 0 Å². The molecule has 0 amide bonds. The number of esters is 2. The van der Waals surface area contributed by atoms with Gasteiger partial charge in [-0.2, -0.15) is 16.8 Å². The monoisotopic (exact) mass is 558 g/mol. The van der Waals surface area contributed by atoms with Gasteiger partial charge in [-0.3, -0.25) is 8.37 Å². The highest BCUT2D eigenvalue weighted by atomic mass is 32.2. The Morgan fingerprint density at radius 3 is 1.68 bits per heavy atom. The molecule has 0 radical (unpaired) electrons. The number of benzene rings is 2. The van der Waals surface area contributed by atoms with E-state index in [1.54, 1.807) is 36.4 Å². The fourth-order valence-corrected chi connectivity index (χ4v) is 4.52. The van der Waals surface area contributed by atoms with Crippen LogP contribution < -0.4 is 0 Å². The highest BCUT2D eigenvalue weighted by molar-refractivity contribution is 7.86. The van der Waals surface area contributed by atoms with Crippen LogP contribution in [0, 0.1) is 0 Å². The van der Waals surface area contributed by atoms with Gasteiger partial charge in [-0.05, 0) is 24.3 Å². The Labute approximate surface area is 214 Å². The van der Waals surface area contributed by atoms with Crippen molar-refractivity contribution in [3.63, 3.8) is 0 Å². The lowest BCUT2D eigenvalue weighted by atomic mass is 9.98. The van der Waals surface area contributed by atoms with Crippen molar-refractivity contribution in [3.05, 3.63) is 71.8 Å². The molecule has 2 aromatic carbocycles. The summed E-state index contributed by atoms with van der Waals surface area (Å²) in [4.78, 5) is 25.8. The van der Waals surface area contributed by atoms with E-state index in [1.807, 2.05) is 0 Å². The van der Waals surface area contributed by atoms with E-state index in [0.717, 1.165) is 12.5 Å². The van der Waals surface area contributed by atoms with Gasteiger partial charge >= 0.3 is 11.9 Å².